The Morgan fingerprint density at radius 3 is 2.89 bits per heavy atom. The van der Waals surface area contributed by atoms with Gasteiger partial charge in [0, 0.05) is 24.2 Å². The Kier molecular flexibility index (Phi) is 4.70. The molecule has 1 aliphatic rings. The molecule has 1 saturated heterocycles. The van der Waals surface area contributed by atoms with Crippen LogP contribution < -0.4 is 4.74 Å². The molecule has 0 spiro atoms. The number of methoxy groups -OCH3 is 1. The molecule has 2 atom stereocenters. The van der Waals surface area contributed by atoms with Gasteiger partial charge in [-0.25, -0.2) is 0 Å². The molecule has 0 amide bonds. The van der Waals surface area contributed by atoms with Crippen LogP contribution in [-0.2, 0) is 0 Å². The maximum Gasteiger partial charge on any atom is 0.124 e. The lowest BCUT2D eigenvalue weighted by Crippen LogP contribution is -2.37. The minimum atomic E-state index is 0.264. The third-order valence-corrected chi connectivity index (χ3v) is 4.36. The fraction of sp³-hybridized carbons (Fsp3) is 0.625. The molecule has 1 aromatic rings. The summed E-state index contributed by atoms with van der Waals surface area (Å²) in [5.74, 6) is 1.85. The van der Waals surface area contributed by atoms with Gasteiger partial charge in [-0.3, -0.25) is 4.90 Å². The molecule has 0 radical (unpaired) electrons. The lowest BCUT2D eigenvalue weighted by molar-refractivity contribution is 0.128. The molecule has 106 valence electrons. The molecule has 0 bridgehead atoms. The summed E-state index contributed by atoms with van der Waals surface area (Å²) in [6.45, 7) is 6.72. The largest absolute Gasteiger partial charge is 0.507 e. The summed E-state index contributed by atoms with van der Waals surface area (Å²) < 4.78 is 5.14. The Hall–Kier alpha value is -1.22. The van der Waals surface area contributed by atoms with Crippen LogP contribution in [0.1, 0.15) is 44.7 Å². The molecule has 19 heavy (non-hydrogen) atoms. The highest BCUT2D eigenvalue weighted by Crippen LogP contribution is 2.34. The molecule has 0 aliphatic carbocycles. The molecule has 3 heteroatoms. The number of ether oxygens (including phenoxy) is 1. The van der Waals surface area contributed by atoms with Crippen molar-refractivity contribution in [2.24, 2.45) is 5.92 Å². The standard InChI is InChI=1S/C16H25NO2/c1-4-13-6-5-9-17(11-13)12(2)15-8-7-14(19-3)10-16(15)18/h7-8,10,12-13,18H,4-6,9,11H2,1-3H3. The van der Waals surface area contributed by atoms with E-state index in [9.17, 15) is 5.11 Å². The molecule has 0 aromatic heterocycles. The van der Waals surface area contributed by atoms with Crippen molar-refractivity contribution in [2.45, 2.75) is 39.2 Å². The maximum atomic E-state index is 10.1. The summed E-state index contributed by atoms with van der Waals surface area (Å²) in [5, 5.41) is 10.1. The molecule has 2 unspecified atom stereocenters. The van der Waals surface area contributed by atoms with Crippen LogP contribution in [0.4, 0.5) is 0 Å². The first-order valence-corrected chi connectivity index (χ1v) is 7.26. The summed E-state index contributed by atoms with van der Waals surface area (Å²) in [7, 11) is 1.62. The smallest absolute Gasteiger partial charge is 0.124 e. The van der Waals surface area contributed by atoms with Gasteiger partial charge < -0.3 is 9.84 Å². The number of likely N-dealkylation sites (tertiary alicyclic amines) is 1. The van der Waals surface area contributed by atoms with Crippen molar-refractivity contribution in [3.05, 3.63) is 23.8 Å². The van der Waals surface area contributed by atoms with Gasteiger partial charge in [0.2, 0.25) is 0 Å². The fourth-order valence-electron chi connectivity index (χ4n) is 2.98. The molecule has 2 rings (SSSR count). The van der Waals surface area contributed by atoms with Crippen molar-refractivity contribution in [3.63, 3.8) is 0 Å². The summed E-state index contributed by atoms with van der Waals surface area (Å²) in [4.78, 5) is 2.49. The number of hydrogen-bond donors (Lipinski definition) is 1. The number of benzene rings is 1. The first-order chi connectivity index (χ1) is 9.15. The van der Waals surface area contributed by atoms with Crippen LogP contribution in [0.2, 0.25) is 0 Å². The van der Waals surface area contributed by atoms with Gasteiger partial charge in [-0.05, 0) is 38.3 Å². The Bertz CT molecular complexity index is 419. The van der Waals surface area contributed by atoms with Crippen LogP contribution in [0.15, 0.2) is 18.2 Å². The predicted octanol–water partition coefficient (Wildman–Crippen LogP) is 3.58. The summed E-state index contributed by atoms with van der Waals surface area (Å²) >= 11 is 0. The van der Waals surface area contributed by atoms with Crippen LogP contribution in [0, 0.1) is 5.92 Å². The van der Waals surface area contributed by atoms with E-state index in [2.05, 4.69) is 18.7 Å². The van der Waals surface area contributed by atoms with Crippen molar-refractivity contribution >= 4 is 0 Å². The van der Waals surface area contributed by atoms with Crippen LogP contribution in [0.5, 0.6) is 11.5 Å². The molecule has 1 N–H and O–H groups in total. The summed E-state index contributed by atoms with van der Waals surface area (Å²) in [5.41, 5.74) is 0.998. The second-order valence-corrected chi connectivity index (χ2v) is 5.51. The highest BCUT2D eigenvalue weighted by molar-refractivity contribution is 5.41. The molecule has 1 heterocycles. The topological polar surface area (TPSA) is 32.7 Å². The Balaban J connectivity index is 2.12. The number of piperidine rings is 1. The Morgan fingerprint density at radius 1 is 1.47 bits per heavy atom. The first-order valence-electron chi connectivity index (χ1n) is 7.26. The fourth-order valence-corrected chi connectivity index (χ4v) is 2.98. The second-order valence-electron chi connectivity index (χ2n) is 5.51. The lowest BCUT2D eigenvalue weighted by Gasteiger charge is -2.37. The Morgan fingerprint density at radius 2 is 2.26 bits per heavy atom. The van der Waals surface area contributed by atoms with Gasteiger partial charge in [-0.1, -0.05) is 19.4 Å². The van der Waals surface area contributed by atoms with Crippen LogP contribution in [0.25, 0.3) is 0 Å². The zero-order valence-corrected chi connectivity index (χ0v) is 12.2. The molecule has 1 fully saturated rings. The van der Waals surface area contributed by atoms with E-state index in [-0.39, 0.29) is 6.04 Å². The number of nitrogens with zero attached hydrogens (tertiary/aromatic N) is 1. The van der Waals surface area contributed by atoms with Crippen LogP contribution >= 0.6 is 0 Å². The number of hydrogen-bond acceptors (Lipinski definition) is 3. The van der Waals surface area contributed by atoms with Gasteiger partial charge in [0.15, 0.2) is 0 Å². The van der Waals surface area contributed by atoms with Gasteiger partial charge in [0.05, 0.1) is 7.11 Å². The van der Waals surface area contributed by atoms with E-state index < -0.39 is 0 Å². The van der Waals surface area contributed by atoms with E-state index in [0.717, 1.165) is 24.6 Å². The van der Waals surface area contributed by atoms with E-state index in [4.69, 9.17) is 4.74 Å². The molecule has 1 aromatic carbocycles. The van der Waals surface area contributed by atoms with Crippen molar-refractivity contribution in [1.82, 2.24) is 4.90 Å². The third kappa shape index (κ3) is 3.21. The van der Waals surface area contributed by atoms with E-state index in [1.54, 1.807) is 13.2 Å². The van der Waals surface area contributed by atoms with E-state index in [0.29, 0.717) is 11.5 Å². The highest BCUT2D eigenvalue weighted by atomic mass is 16.5. The van der Waals surface area contributed by atoms with E-state index in [1.165, 1.54) is 19.3 Å². The maximum absolute atomic E-state index is 10.1. The average molecular weight is 263 g/mol. The average Bonchev–Trinajstić information content (AvgIpc) is 2.46. The quantitative estimate of drug-likeness (QED) is 0.901. The van der Waals surface area contributed by atoms with Crippen molar-refractivity contribution < 1.29 is 9.84 Å². The third-order valence-electron chi connectivity index (χ3n) is 4.36. The van der Waals surface area contributed by atoms with Gasteiger partial charge in [0.25, 0.3) is 0 Å². The second kappa shape index (κ2) is 6.29. The Labute approximate surface area is 116 Å². The molecule has 1 aliphatic heterocycles. The lowest BCUT2D eigenvalue weighted by atomic mass is 9.93. The van der Waals surface area contributed by atoms with E-state index >= 15 is 0 Å². The first kappa shape index (κ1) is 14.2. The normalized spacial score (nSPS) is 22.2. The zero-order valence-electron chi connectivity index (χ0n) is 12.2. The predicted molar refractivity (Wildman–Crippen MR) is 77.7 cm³/mol. The number of aromatic hydroxyl groups is 1. The monoisotopic (exact) mass is 263 g/mol. The molecule has 3 nitrogen and oxygen atoms in total. The van der Waals surface area contributed by atoms with Crippen molar-refractivity contribution in [2.75, 3.05) is 20.2 Å². The molecule has 0 saturated carbocycles. The van der Waals surface area contributed by atoms with Gasteiger partial charge in [-0.15, -0.1) is 0 Å². The van der Waals surface area contributed by atoms with Gasteiger partial charge >= 0.3 is 0 Å². The molecular weight excluding hydrogens is 238 g/mol. The highest BCUT2D eigenvalue weighted by Gasteiger charge is 2.24. The van der Waals surface area contributed by atoms with Crippen molar-refractivity contribution in [1.29, 1.82) is 0 Å². The van der Waals surface area contributed by atoms with Gasteiger partial charge in [0.1, 0.15) is 11.5 Å². The number of rotatable bonds is 4. The van der Waals surface area contributed by atoms with Crippen LogP contribution in [-0.4, -0.2) is 30.2 Å². The van der Waals surface area contributed by atoms with Gasteiger partial charge in [-0.2, -0.15) is 0 Å². The van der Waals surface area contributed by atoms with E-state index in [1.807, 2.05) is 12.1 Å². The summed E-state index contributed by atoms with van der Waals surface area (Å²) in [6, 6.07) is 5.87. The summed E-state index contributed by atoms with van der Waals surface area (Å²) in [6.07, 6.45) is 3.85. The zero-order chi connectivity index (χ0) is 13.8. The van der Waals surface area contributed by atoms with Crippen molar-refractivity contribution in [3.8, 4) is 11.5 Å². The van der Waals surface area contributed by atoms with Crippen LogP contribution in [0.3, 0.4) is 0 Å². The minimum absolute atomic E-state index is 0.264. The SMILES string of the molecule is CCC1CCCN(C(C)c2ccc(OC)cc2O)C1. The molecular formula is C16H25NO2. The number of phenolic OH excluding ortho intramolecular Hbond substituents is 1. The number of phenols is 1. The minimum Gasteiger partial charge on any atom is -0.507 e.